The Morgan fingerprint density at radius 3 is 2.67 bits per heavy atom. The van der Waals surface area contributed by atoms with E-state index >= 15 is 0 Å². The van der Waals surface area contributed by atoms with Crippen molar-refractivity contribution in [3.63, 3.8) is 0 Å². The summed E-state index contributed by atoms with van der Waals surface area (Å²) in [5, 5.41) is 11.8. The largest absolute Gasteiger partial charge is 0.313 e. The van der Waals surface area contributed by atoms with Crippen molar-refractivity contribution in [3.8, 4) is 0 Å². The topological polar surface area (TPSA) is 42.7 Å². The quantitative estimate of drug-likeness (QED) is 0.825. The molecule has 0 fully saturated rings. The maximum Gasteiger partial charge on any atom is 0.0842 e. The van der Waals surface area contributed by atoms with Crippen LogP contribution in [0.25, 0.3) is 0 Å². The predicted octanol–water partition coefficient (Wildman–Crippen LogP) is 2.26. The number of aryl methyl sites for hydroxylation is 1. The van der Waals surface area contributed by atoms with Crippen LogP contribution in [0.4, 0.5) is 0 Å². The summed E-state index contributed by atoms with van der Waals surface area (Å²) < 4.78 is 2.08. The molecule has 0 aromatic carbocycles. The first kappa shape index (κ1) is 15.5. The minimum atomic E-state index is 0.314. The minimum absolute atomic E-state index is 0.314. The van der Waals surface area contributed by atoms with Crippen LogP contribution >= 0.6 is 11.8 Å². The maximum atomic E-state index is 4.17. The van der Waals surface area contributed by atoms with Crippen LogP contribution in [-0.4, -0.2) is 38.1 Å². The first-order valence-electron chi connectivity index (χ1n) is 6.63. The van der Waals surface area contributed by atoms with E-state index in [0.717, 1.165) is 30.8 Å². The van der Waals surface area contributed by atoms with Crippen molar-refractivity contribution in [2.75, 3.05) is 12.3 Å². The monoisotopic (exact) mass is 270 g/mol. The van der Waals surface area contributed by atoms with Crippen molar-refractivity contribution in [2.24, 2.45) is 7.05 Å². The SMILES string of the molecule is CCCNC(CSC(C)(C)C)Cc1cn(C)nn1. The molecular formula is C13H26N4S. The number of aromatic nitrogens is 3. The summed E-state index contributed by atoms with van der Waals surface area (Å²) >= 11 is 2.00. The molecule has 1 atom stereocenters. The molecular weight excluding hydrogens is 244 g/mol. The molecule has 4 nitrogen and oxygen atoms in total. The van der Waals surface area contributed by atoms with Crippen molar-refractivity contribution >= 4 is 11.8 Å². The molecule has 104 valence electrons. The molecule has 0 aliphatic rings. The van der Waals surface area contributed by atoms with E-state index < -0.39 is 0 Å². The van der Waals surface area contributed by atoms with Crippen molar-refractivity contribution in [1.82, 2.24) is 20.3 Å². The Kier molecular flexibility index (Phi) is 6.15. The molecule has 18 heavy (non-hydrogen) atoms. The van der Waals surface area contributed by atoms with Gasteiger partial charge in [-0.1, -0.05) is 32.9 Å². The van der Waals surface area contributed by atoms with Gasteiger partial charge in [0.05, 0.1) is 5.69 Å². The first-order chi connectivity index (χ1) is 8.40. The molecule has 0 spiro atoms. The third-order valence-electron chi connectivity index (χ3n) is 2.51. The number of rotatable bonds is 7. The van der Waals surface area contributed by atoms with Crippen LogP contribution in [0.2, 0.25) is 0 Å². The number of thioether (sulfide) groups is 1. The van der Waals surface area contributed by atoms with Gasteiger partial charge in [0.25, 0.3) is 0 Å². The average Bonchev–Trinajstić information content (AvgIpc) is 2.67. The standard InChI is InChI=1S/C13H26N4S/c1-6-7-14-12(10-18-13(2,3)4)8-11-9-17(5)16-15-11/h9,12,14H,6-8,10H2,1-5H3. The summed E-state index contributed by atoms with van der Waals surface area (Å²) in [5.41, 5.74) is 1.07. The van der Waals surface area contributed by atoms with E-state index in [9.17, 15) is 0 Å². The van der Waals surface area contributed by atoms with Crippen LogP contribution in [0, 0.1) is 0 Å². The molecule has 0 bridgehead atoms. The highest BCUT2D eigenvalue weighted by Gasteiger charge is 2.16. The fourth-order valence-corrected chi connectivity index (χ4v) is 2.57. The first-order valence-corrected chi connectivity index (χ1v) is 7.62. The van der Waals surface area contributed by atoms with E-state index in [4.69, 9.17) is 0 Å². The van der Waals surface area contributed by atoms with E-state index in [1.807, 2.05) is 25.0 Å². The van der Waals surface area contributed by atoms with E-state index in [-0.39, 0.29) is 0 Å². The zero-order valence-corrected chi connectivity index (χ0v) is 13.0. The van der Waals surface area contributed by atoms with Gasteiger partial charge in [0.2, 0.25) is 0 Å². The van der Waals surface area contributed by atoms with Gasteiger partial charge in [0.15, 0.2) is 0 Å². The summed E-state index contributed by atoms with van der Waals surface area (Å²) in [6.07, 6.45) is 4.12. The normalized spacial score (nSPS) is 13.8. The molecule has 1 heterocycles. The fraction of sp³-hybridized carbons (Fsp3) is 0.846. The Labute approximate surface area is 115 Å². The highest BCUT2D eigenvalue weighted by atomic mass is 32.2. The van der Waals surface area contributed by atoms with Crippen LogP contribution in [-0.2, 0) is 13.5 Å². The van der Waals surface area contributed by atoms with Gasteiger partial charge >= 0.3 is 0 Å². The second-order valence-electron chi connectivity index (χ2n) is 5.66. The second-order valence-corrected chi connectivity index (χ2v) is 7.51. The van der Waals surface area contributed by atoms with Crippen LogP contribution < -0.4 is 5.32 Å². The lowest BCUT2D eigenvalue weighted by Crippen LogP contribution is -2.35. The van der Waals surface area contributed by atoms with Gasteiger partial charge in [-0.15, -0.1) is 5.10 Å². The van der Waals surface area contributed by atoms with Crippen molar-refractivity contribution in [2.45, 2.75) is 51.3 Å². The third kappa shape index (κ3) is 6.40. The van der Waals surface area contributed by atoms with Gasteiger partial charge in [0, 0.05) is 36.2 Å². The van der Waals surface area contributed by atoms with Gasteiger partial charge in [-0.2, -0.15) is 11.8 Å². The summed E-state index contributed by atoms with van der Waals surface area (Å²) in [6.45, 7) is 10.0. The molecule has 1 rings (SSSR count). The molecule has 0 radical (unpaired) electrons. The molecule has 0 saturated heterocycles. The van der Waals surface area contributed by atoms with Crippen LogP contribution in [0.1, 0.15) is 39.8 Å². The van der Waals surface area contributed by atoms with Crippen molar-refractivity contribution in [1.29, 1.82) is 0 Å². The minimum Gasteiger partial charge on any atom is -0.313 e. The van der Waals surface area contributed by atoms with Crippen molar-refractivity contribution in [3.05, 3.63) is 11.9 Å². The zero-order chi connectivity index (χ0) is 13.6. The Balaban J connectivity index is 2.49. The zero-order valence-electron chi connectivity index (χ0n) is 12.2. The van der Waals surface area contributed by atoms with Gasteiger partial charge in [-0.3, -0.25) is 4.68 Å². The van der Waals surface area contributed by atoms with Gasteiger partial charge in [-0.25, -0.2) is 0 Å². The Hall–Kier alpha value is -0.550. The lowest BCUT2D eigenvalue weighted by Gasteiger charge is -2.23. The Morgan fingerprint density at radius 1 is 1.44 bits per heavy atom. The summed E-state index contributed by atoms with van der Waals surface area (Å²) in [5.74, 6) is 1.11. The molecule has 0 aliphatic heterocycles. The van der Waals surface area contributed by atoms with Crippen LogP contribution in [0.15, 0.2) is 6.20 Å². The van der Waals surface area contributed by atoms with E-state index in [2.05, 4.69) is 43.3 Å². The fourth-order valence-electron chi connectivity index (χ4n) is 1.63. The number of hydrogen-bond donors (Lipinski definition) is 1. The molecule has 0 aliphatic carbocycles. The smallest absolute Gasteiger partial charge is 0.0842 e. The Bertz CT molecular complexity index is 343. The lowest BCUT2D eigenvalue weighted by molar-refractivity contribution is 0.543. The number of nitrogens with zero attached hydrogens (tertiary/aromatic N) is 3. The van der Waals surface area contributed by atoms with Gasteiger partial charge < -0.3 is 5.32 Å². The molecule has 1 aromatic heterocycles. The highest BCUT2D eigenvalue weighted by Crippen LogP contribution is 2.24. The van der Waals surface area contributed by atoms with E-state index in [0.29, 0.717) is 10.8 Å². The summed E-state index contributed by atoms with van der Waals surface area (Å²) in [7, 11) is 1.91. The summed E-state index contributed by atoms with van der Waals surface area (Å²) in [4.78, 5) is 0. The highest BCUT2D eigenvalue weighted by molar-refractivity contribution is 8.00. The predicted molar refractivity (Wildman–Crippen MR) is 79.0 cm³/mol. The second kappa shape index (κ2) is 7.14. The molecule has 0 saturated carbocycles. The van der Waals surface area contributed by atoms with Crippen LogP contribution in [0.3, 0.4) is 0 Å². The molecule has 1 N–H and O–H groups in total. The van der Waals surface area contributed by atoms with Gasteiger partial charge in [-0.05, 0) is 13.0 Å². The molecule has 1 aromatic rings. The molecule has 1 unspecified atom stereocenters. The van der Waals surface area contributed by atoms with E-state index in [1.54, 1.807) is 4.68 Å². The summed E-state index contributed by atoms with van der Waals surface area (Å²) in [6, 6.07) is 0.478. The maximum absolute atomic E-state index is 4.17. The third-order valence-corrected chi connectivity index (χ3v) is 3.94. The lowest BCUT2D eigenvalue weighted by atomic mass is 10.2. The van der Waals surface area contributed by atoms with Gasteiger partial charge in [0.1, 0.15) is 0 Å². The number of hydrogen-bond acceptors (Lipinski definition) is 4. The van der Waals surface area contributed by atoms with E-state index in [1.165, 1.54) is 0 Å². The average molecular weight is 270 g/mol. The van der Waals surface area contributed by atoms with Crippen LogP contribution in [0.5, 0.6) is 0 Å². The molecule has 5 heteroatoms. The number of nitrogens with one attached hydrogen (secondary N) is 1. The Morgan fingerprint density at radius 2 is 2.17 bits per heavy atom. The van der Waals surface area contributed by atoms with Crippen molar-refractivity contribution < 1.29 is 0 Å². The molecule has 0 amide bonds.